The molecular weight excluding hydrogens is 1150 g/mol. The fourth-order valence-electron chi connectivity index (χ4n) is 6.79. The first-order valence-corrected chi connectivity index (χ1v) is 24.6. The largest absolute Gasteiger partial charge is 1.00 e. The van der Waals surface area contributed by atoms with E-state index in [1.807, 2.05) is 4.72 Å². The van der Waals surface area contributed by atoms with Gasteiger partial charge in [-0.3, -0.25) is 12.5 Å². The molecule has 4 saturated heterocycles. The molecule has 376 valence electrons. The fourth-order valence-corrected chi connectivity index (χ4v) is 9.37. The smallest absolute Gasteiger partial charge is 0.735 e. The van der Waals surface area contributed by atoms with Crippen LogP contribution in [0.15, 0.2) is 11.8 Å². The SMILES string of the molecule is CS(=O)(=O)N[C@@H]1[C@@H]2OC[C@@H](O2)C(O[C@@H]2OC(C(=O)[O-])C(OC3O[C@H](COS(=O)(=O)[O-])[C@@H](O[C@@H]4OC(C(=O)[O-])=C[C@H](O)[C@H]4OS(=O)(=O)[O-])[C@H](O)[C@H]3NS(=O)(=O)[O-])[C@H](O)[C@H]2OS(=O)(=O)[O-])[C@@H]1O.[Na+].[Na+].[Na+].[Na+].[Na+].[Na+]. The van der Waals surface area contributed by atoms with Gasteiger partial charge in [0, 0.05) is 0 Å². The molecule has 18 atom stereocenters. The molecule has 5 heterocycles. The summed E-state index contributed by atoms with van der Waals surface area (Å²) in [5, 5.41) is 68.3. The van der Waals surface area contributed by atoms with Crippen LogP contribution in [0.1, 0.15) is 0 Å². The van der Waals surface area contributed by atoms with Crippen LogP contribution < -0.4 is 197 Å². The van der Waals surface area contributed by atoms with E-state index in [1.54, 1.807) is 0 Å². The molecule has 5 aliphatic heterocycles. The van der Waals surface area contributed by atoms with Crippen molar-refractivity contribution < 1.29 is 328 Å². The van der Waals surface area contributed by atoms with E-state index in [2.05, 4.69) is 12.5 Å². The molecule has 0 aromatic rings. The number of carbonyl (C=O) groups is 2. The third-order valence-electron chi connectivity index (χ3n) is 9.23. The first kappa shape index (κ1) is 76.5. The van der Waals surface area contributed by atoms with Crippen LogP contribution in [0.2, 0.25) is 0 Å². The summed E-state index contributed by atoms with van der Waals surface area (Å²) in [7, 11) is -28.0. The van der Waals surface area contributed by atoms with E-state index < -0.39 is 193 Å². The van der Waals surface area contributed by atoms with Crippen LogP contribution in [0.5, 0.6) is 0 Å². The summed E-state index contributed by atoms with van der Waals surface area (Å²) in [5.74, 6) is -6.16. The number of aliphatic hydroxyl groups is 4. The van der Waals surface area contributed by atoms with Gasteiger partial charge >= 0.3 is 177 Å². The van der Waals surface area contributed by atoms with Crippen LogP contribution in [-0.4, -0.2) is 223 Å². The Morgan fingerprint density at radius 2 is 1.17 bits per heavy atom. The van der Waals surface area contributed by atoms with E-state index in [0.717, 1.165) is 4.72 Å². The number of fused-ring (bicyclic) bond motifs is 2. The molecule has 5 aliphatic rings. The third-order valence-corrected chi connectivity index (χ3v) is 11.8. The van der Waals surface area contributed by atoms with Crippen molar-refractivity contribution in [3.8, 4) is 0 Å². The summed E-state index contributed by atoms with van der Waals surface area (Å²) < 4.78 is 222. The summed E-state index contributed by atoms with van der Waals surface area (Å²) in [6.07, 6.45) is -39.4. The van der Waals surface area contributed by atoms with Crippen LogP contribution in [-0.2, 0) is 112 Å². The van der Waals surface area contributed by atoms with Crippen LogP contribution in [0.25, 0.3) is 0 Å². The first-order chi connectivity index (χ1) is 29.6. The summed E-state index contributed by atoms with van der Waals surface area (Å²) >= 11 is 0. The van der Waals surface area contributed by atoms with Gasteiger partial charge < -0.3 is 96.3 Å². The zero-order chi connectivity index (χ0) is 48.9. The van der Waals surface area contributed by atoms with E-state index in [0.29, 0.717) is 6.26 Å². The normalized spacial score (nSPS) is 36.2. The molecular formula is C25H32N2Na6O33S5. The number of aliphatic carboxylic acids is 2. The van der Waals surface area contributed by atoms with Gasteiger partial charge in [0.05, 0.1) is 25.4 Å². The monoisotopic (exact) mass is 1190 g/mol. The average molecular weight is 1190 g/mol. The van der Waals surface area contributed by atoms with Crippen molar-refractivity contribution in [3.63, 3.8) is 0 Å². The Labute approximate surface area is 535 Å². The zero-order valence-electron chi connectivity index (χ0n) is 37.6. The predicted octanol–water partition coefficient (Wildman–Crippen LogP) is -30.9. The minimum Gasteiger partial charge on any atom is -0.735 e. The van der Waals surface area contributed by atoms with Crippen molar-refractivity contribution in [2.45, 2.75) is 110 Å². The van der Waals surface area contributed by atoms with Crippen LogP contribution in [0.3, 0.4) is 0 Å². The van der Waals surface area contributed by atoms with Gasteiger partial charge in [0.2, 0.25) is 47.5 Å². The number of carboxylic acid groups (broad SMARTS) is 2. The third kappa shape index (κ3) is 22.0. The van der Waals surface area contributed by atoms with Gasteiger partial charge in [0.1, 0.15) is 84.9 Å². The van der Waals surface area contributed by atoms with Gasteiger partial charge in [-0.05, 0) is 6.08 Å². The molecule has 0 saturated carbocycles. The van der Waals surface area contributed by atoms with E-state index in [1.165, 1.54) is 0 Å². The van der Waals surface area contributed by atoms with E-state index in [-0.39, 0.29) is 183 Å². The number of ether oxygens (including phenoxy) is 8. The molecule has 2 bridgehead atoms. The number of hydrogen-bond donors (Lipinski definition) is 6. The molecule has 0 aromatic carbocycles. The molecule has 46 heteroatoms. The Kier molecular flexibility index (Phi) is 32.8. The van der Waals surface area contributed by atoms with Crippen molar-refractivity contribution >= 4 is 63.5 Å². The van der Waals surface area contributed by atoms with E-state index in [9.17, 15) is 101 Å². The van der Waals surface area contributed by atoms with Gasteiger partial charge in [-0.2, -0.15) is 0 Å². The number of nitrogens with one attached hydrogen (secondary N) is 2. The summed E-state index contributed by atoms with van der Waals surface area (Å²) in [6.45, 7) is -2.25. The Bertz CT molecular complexity index is 2390. The molecule has 0 spiro atoms. The minimum absolute atomic E-state index is 0. The maximum Gasteiger partial charge on any atom is 1.00 e. The molecule has 0 radical (unpaired) electrons. The Hall–Kier alpha value is 3.43. The number of sulfonamides is 1. The van der Waals surface area contributed by atoms with Crippen LogP contribution >= 0.6 is 0 Å². The maximum atomic E-state index is 12.5. The molecule has 0 aromatic heterocycles. The number of carbonyl (C=O) groups excluding carboxylic acids is 2. The topological polar surface area (TPSA) is 550 Å². The average Bonchev–Trinajstić information content (AvgIpc) is 3.58. The van der Waals surface area contributed by atoms with E-state index >= 15 is 0 Å². The van der Waals surface area contributed by atoms with Crippen molar-refractivity contribution in [2.24, 2.45) is 0 Å². The minimum atomic E-state index is -6.07. The predicted molar refractivity (Wildman–Crippen MR) is 177 cm³/mol. The second-order valence-corrected chi connectivity index (χ2v) is 19.9. The van der Waals surface area contributed by atoms with Gasteiger partial charge in [-0.15, -0.1) is 0 Å². The van der Waals surface area contributed by atoms with Crippen molar-refractivity contribution in [1.29, 1.82) is 0 Å². The molecule has 4 unspecified atom stereocenters. The molecule has 5 rings (SSSR count). The fraction of sp³-hybridized carbons (Fsp3) is 0.840. The molecule has 0 amide bonds. The van der Waals surface area contributed by atoms with Gasteiger partial charge in [0.25, 0.3) is 0 Å². The van der Waals surface area contributed by atoms with Crippen molar-refractivity contribution in [1.82, 2.24) is 9.44 Å². The second-order valence-electron chi connectivity index (χ2n) is 13.9. The van der Waals surface area contributed by atoms with Gasteiger partial charge in [-0.25, -0.2) is 51.5 Å². The Morgan fingerprint density at radius 1 is 0.648 bits per heavy atom. The number of rotatable bonds is 19. The molecule has 0 aliphatic carbocycles. The maximum absolute atomic E-state index is 12.5. The first-order valence-electron chi connectivity index (χ1n) is 17.3. The summed E-state index contributed by atoms with van der Waals surface area (Å²) in [4.78, 5) is 24.0. The van der Waals surface area contributed by atoms with Gasteiger partial charge in [-0.1, -0.05) is 0 Å². The Morgan fingerprint density at radius 3 is 1.66 bits per heavy atom. The second kappa shape index (κ2) is 30.5. The molecule has 71 heavy (non-hydrogen) atoms. The quantitative estimate of drug-likeness (QED) is 0.0397. The van der Waals surface area contributed by atoms with E-state index in [4.69, 9.17) is 37.9 Å². The molecule has 4 fully saturated rings. The van der Waals surface area contributed by atoms with Crippen LogP contribution in [0.4, 0.5) is 0 Å². The van der Waals surface area contributed by atoms with Crippen molar-refractivity contribution in [3.05, 3.63) is 11.8 Å². The van der Waals surface area contributed by atoms with Gasteiger partial charge in [0.15, 0.2) is 41.4 Å². The number of carboxylic acids is 2. The van der Waals surface area contributed by atoms with Crippen LogP contribution in [0, 0.1) is 0 Å². The summed E-state index contributed by atoms with van der Waals surface area (Å²) in [6, 6.07) is -4.53. The summed E-state index contributed by atoms with van der Waals surface area (Å²) in [5.41, 5.74) is 0. The molecule has 6 N–H and O–H groups in total. The zero-order valence-corrected chi connectivity index (χ0v) is 53.6. The number of hydrogen-bond acceptors (Lipinski definition) is 33. The van der Waals surface area contributed by atoms with Crippen molar-refractivity contribution in [2.75, 3.05) is 19.5 Å². The number of aliphatic hydroxyl groups excluding tert-OH is 4. The molecule has 35 nitrogen and oxygen atoms in total. The Balaban J connectivity index is 0. The standard InChI is InChI=1S/C25H38N2O33S5.6Na/c1-61(36,37)26-9-11(29)15(7-3-50-22(9)53-7)56-25-18(60-65(47,48)49)13(31)17(19(58-25)21(34)35)57-23-10(27-62(38,39)40)12(30)16(8(54-23)4-51-63(41,42)43)55-24-14(59-64(44,45)46)5(28)2-6(52-24)20(32)33;;;;;;/h2,5,7-19,22-31H,3-4H2,1H3,(H,32,33)(H,34,35)(H,38,39,40)(H,41,42,43)(H,44,45,46)(H,47,48,49);;;;;;/q;6*+1/p-6/t5-,7+,8+,9-,10+,11+,12+,13-,14+,15?,16+,17?,18+,19?,22+,23?,24-,25+;;;;;;/m0....../s1.